The van der Waals surface area contributed by atoms with Crippen molar-refractivity contribution in [1.82, 2.24) is 15.3 Å². The van der Waals surface area contributed by atoms with Crippen LogP contribution in [0.4, 0.5) is 0 Å². The van der Waals surface area contributed by atoms with Crippen LogP contribution in [0.2, 0.25) is 0 Å². The molecule has 1 aromatic carbocycles. The molecule has 3 rings (SSSR count). The molecule has 1 saturated carbocycles. The largest absolute Gasteiger partial charge is 0.349 e. The number of nitrogens with zero attached hydrogens (tertiary/aromatic N) is 1. The van der Waals surface area contributed by atoms with Gasteiger partial charge in [0.2, 0.25) is 5.91 Å². The van der Waals surface area contributed by atoms with Crippen LogP contribution >= 0.6 is 0 Å². The molecule has 4 heteroatoms. The maximum atomic E-state index is 12.5. The Bertz CT molecular complexity index is 603. The van der Waals surface area contributed by atoms with Gasteiger partial charge in [-0.1, -0.05) is 62.4 Å². The molecule has 0 radical (unpaired) electrons. The highest BCUT2D eigenvalue weighted by Crippen LogP contribution is 2.27. The van der Waals surface area contributed by atoms with E-state index < -0.39 is 0 Å². The Morgan fingerprint density at radius 2 is 2.00 bits per heavy atom. The molecule has 1 aliphatic rings. The van der Waals surface area contributed by atoms with Crippen molar-refractivity contribution in [1.29, 1.82) is 0 Å². The van der Waals surface area contributed by atoms with Gasteiger partial charge in [-0.3, -0.25) is 4.79 Å². The van der Waals surface area contributed by atoms with Crippen LogP contribution < -0.4 is 5.32 Å². The Labute approximate surface area is 144 Å². The highest BCUT2D eigenvalue weighted by molar-refractivity contribution is 5.76. The zero-order chi connectivity index (χ0) is 16.6. The summed E-state index contributed by atoms with van der Waals surface area (Å²) in [5.74, 6) is 1.79. The fourth-order valence-corrected chi connectivity index (χ4v) is 3.62. The topological polar surface area (TPSA) is 57.8 Å². The van der Waals surface area contributed by atoms with Gasteiger partial charge in [-0.25, -0.2) is 4.98 Å². The van der Waals surface area contributed by atoms with Crippen LogP contribution in [-0.2, 0) is 11.2 Å². The van der Waals surface area contributed by atoms with E-state index in [0.717, 1.165) is 23.7 Å². The molecule has 4 nitrogen and oxygen atoms in total. The standard InChI is InChI=1S/C20H27N3O/c24-20(12-11-16-7-3-1-4-8-16)23-18(15-19-21-13-14-22-19)17-9-5-2-6-10-17/h2,5-6,9-10,13-14,16,18H,1,3-4,7-8,11-12,15H2,(H,21,22)(H,23,24)/t18-/m1/s1. The first-order chi connectivity index (χ1) is 11.8. The van der Waals surface area contributed by atoms with Gasteiger partial charge in [-0.05, 0) is 17.9 Å². The third-order valence-electron chi connectivity index (χ3n) is 4.99. The van der Waals surface area contributed by atoms with Crippen LogP contribution in [0.1, 0.15) is 62.4 Å². The summed E-state index contributed by atoms with van der Waals surface area (Å²) in [5, 5.41) is 3.21. The van der Waals surface area contributed by atoms with Crippen molar-refractivity contribution < 1.29 is 4.79 Å². The average molecular weight is 325 g/mol. The van der Waals surface area contributed by atoms with Crippen molar-refractivity contribution in [2.24, 2.45) is 5.92 Å². The second-order valence-electron chi connectivity index (χ2n) is 6.81. The van der Waals surface area contributed by atoms with E-state index in [4.69, 9.17) is 0 Å². The maximum absolute atomic E-state index is 12.5. The molecule has 1 atom stereocenters. The normalized spacial score (nSPS) is 16.7. The Balaban J connectivity index is 1.57. The fourth-order valence-electron chi connectivity index (χ4n) is 3.62. The predicted octanol–water partition coefficient (Wildman–Crippen LogP) is 4.17. The van der Waals surface area contributed by atoms with Crippen LogP contribution in [0.3, 0.4) is 0 Å². The monoisotopic (exact) mass is 325 g/mol. The lowest BCUT2D eigenvalue weighted by atomic mass is 9.86. The molecule has 24 heavy (non-hydrogen) atoms. The predicted molar refractivity (Wildman–Crippen MR) is 95.4 cm³/mol. The number of hydrogen-bond acceptors (Lipinski definition) is 2. The van der Waals surface area contributed by atoms with Crippen molar-refractivity contribution >= 4 is 5.91 Å². The summed E-state index contributed by atoms with van der Waals surface area (Å²) in [6.07, 6.45) is 12.5. The van der Waals surface area contributed by atoms with Crippen LogP contribution in [0, 0.1) is 5.92 Å². The first kappa shape index (κ1) is 16.7. The van der Waals surface area contributed by atoms with E-state index in [-0.39, 0.29) is 11.9 Å². The van der Waals surface area contributed by atoms with Crippen molar-refractivity contribution in [2.75, 3.05) is 0 Å². The highest BCUT2D eigenvalue weighted by Gasteiger charge is 2.18. The molecule has 128 valence electrons. The van der Waals surface area contributed by atoms with Crippen molar-refractivity contribution in [3.8, 4) is 0 Å². The Morgan fingerprint density at radius 1 is 1.21 bits per heavy atom. The molecule has 1 fully saturated rings. The molecule has 1 aromatic heterocycles. The molecule has 0 spiro atoms. The van der Waals surface area contributed by atoms with E-state index >= 15 is 0 Å². The first-order valence-electron chi connectivity index (χ1n) is 9.14. The minimum atomic E-state index is -0.0313. The molecule has 0 unspecified atom stereocenters. The van der Waals surface area contributed by atoms with Crippen LogP contribution in [0.25, 0.3) is 0 Å². The summed E-state index contributed by atoms with van der Waals surface area (Å²) in [6.45, 7) is 0. The van der Waals surface area contributed by atoms with Crippen molar-refractivity contribution in [3.05, 3.63) is 54.1 Å². The van der Waals surface area contributed by atoms with Gasteiger partial charge in [-0.2, -0.15) is 0 Å². The van der Waals surface area contributed by atoms with Crippen molar-refractivity contribution in [2.45, 2.75) is 57.4 Å². The van der Waals surface area contributed by atoms with Gasteiger partial charge in [-0.15, -0.1) is 0 Å². The van der Waals surface area contributed by atoms with Gasteiger partial charge >= 0.3 is 0 Å². The number of carbonyl (C=O) groups excluding carboxylic acids is 1. The second-order valence-corrected chi connectivity index (χ2v) is 6.81. The smallest absolute Gasteiger partial charge is 0.220 e. The van der Waals surface area contributed by atoms with E-state index in [9.17, 15) is 4.79 Å². The SMILES string of the molecule is O=C(CCC1CCCCC1)N[C@H](Cc1ncc[nH]1)c1ccccc1. The van der Waals surface area contributed by atoms with E-state index in [1.807, 2.05) is 24.4 Å². The second kappa shape index (κ2) is 8.67. The minimum Gasteiger partial charge on any atom is -0.349 e. The summed E-state index contributed by atoms with van der Waals surface area (Å²) in [6, 6.07) is 10.1. The Kier molecular flexibility index (Phi) is 6.05. The molecule has 1 aliphatic carbocycles. The van der Waals surface area contributed by atoms with Crippen molar-refractivity contribution in [3.63, 3.8) is 0 Å². The number of carbonyl (C=O) groups is 1. The molecular formula is C20H27N3O. The third-order valence-corrected chi connectivity index (χ3v) is 4.99. The number of imidazole rings is 1. The Hall–Kier alpha value is -2.10. The number of benzene rings is 1. The van der Waals surface area contributed by atoms with E-state index in [0.29, 0.717) is 12.8 Å². The van der Waals surface area contributed by atoms with Gasteiger partial charge in [0.25, 0.3) is 0 Å². The zero-order valence-electron chi connectivity index (χ0n) is 14.2. The lowest BCUT2D eigenvalue weighted by Crippen LogP contribution is -2.30. The number of hydrogen-bond donors (Lipinski definition) is 2. The number of H-pyrrole nitrogens is 1. The number of aromatic amines is 1. The lowest BCUT2D eigenvalue weighted by Gasteiger charge is -2.22. The molecule has 2 aromatic rings. The van der Waals surface area contributed by atoms with E-state index in [1.54, 1.807) is 6.20 Å². The summed E-state index contributed by atoms with van der Waals surface area (Å²) in [5.41, 5.74) is 1.12. The van der Waals surface area contributed by atoms with E-state index in [2.05, 4.69) is 27.4 Å². The van der Waals surface area contributed by atoms with E-state index in [1.165, 1.54) is 32.1 Å². The molecule has 0 saturated heterocycles. The van der Waals surface area contributed by atoms with Crippen LogP contribution in [-0.4, -0.2) is 15.9 Å². The number of amides is 1. The van der Waals surface area contributed by atoms with Gasteiger partial charge < -0.3 is 10.3 Å². The first-order valence-corrected chi connectivity index (χ1v) is 9.14. The van der Waals surface area contributed by atoms with Gasteiger partial charge in [0.15, 0.2) is 0 Å². The summed E-state index contributed by atoms with van der Waals surface area (Å²) in [7, 11) is 0. The number of aromatic nitrogens is 2. The summed E-state index contributed by atoms with van der Waals surface area (Å²) in [4.78, 5) is 19.9. The molecule has 0 bridgehead atoms. The average Bonchev–Trinajstić information content (AvgIpc) is 3.14. The maximum Gasteiger partial charge on any atom is 0.220 e. The van der Waals surface area contributed by atoms with Gasteiger partial charge in [0.05, 0.1) is 6.04 Å². The molecule has 0 aliphatic heterocycles. The Morgan fingerprint density at radius 3 is 2.71 bits per heavy atom. The molecule has 1 amide bonds. The van der Waals surface area contributed by atoms with Gasteiger partial charge in [0.1, 0.15) is 5.82 Å². The highest BCUT2D eigenvalue weighted by atomic mass is 16.1. The van der Waals surface area contributed by atoms with Crippen LogP contribution in [0.15, 0.2) is 42.7 Å². The quantitative estimate of drug-likeness (QED) is 0.802. The number of rotatable bonds is 7. The minimum absolute atomic E-state index is 0.0313. The molecular weight excluding hydrogens is 298 g/mol. The third kappa shape index (κ3) is 4.95. The molecule has 2 N–H and O–H groups in total. The summed E-state index contributed by atoms with van der Waals surface area (Å²) >= 11 is 0. The van der Waals surface area contributed by atoms with Crippen LogP contribution in [0.5, 0.6) is 0 Å². The zero-order valence-corrected chi connectivity index (χ0v) is 14.2. The summed E-state index contributed by atoms with van der Waals surface area (Å²) < 4.78 is 0. The lowest BCUT2D eigenvalue weighted by molar-refractivity contribution is -0.122. The fraction of sp³-hybridized carbons (Fsp3) is 0.500. The van der Waals surface area contributed by atoms with Gasteiger partial charge in [0, 0.05) is 25.2 Å². The molecule has 1 heterocycles. The number of nitrogens with one attached hydrogen (secondary N) is 2.